The van der Waals surface area contributed by atoms with Gasteiger partial charge in [0.15, 0.2) is 0 Å². The summed E-state index contributed by atoms with van der Waals surface area (Å²) in [5.41, 5.74) is 0.389. The molecule has 0 heterocycles. The SMILES string of the molecule is C/C=C(\C)C(=O)O.CCC(C)C(=O)O. The average Bonchev–Trinajstić information content (AvgIpc) is 2.15. The average molecular weight is 202 g/mol. The molecule has 82 valence electrons. The highest BCUT2D eigenvalue weighted by atomic mass is 16.4. The summed E-state index contributed by atoms with van der Waals surface area (Å²) >= 11 is 0. The van der Waals surface area contributed by atoms with Crippen LogP contribution in [0.3, 0.4) is 0 Å². The van der Waals surface area contributed by atoms with Crippen LogP contribution in [0.4, 0.5) is 0 Å². The van der Waals surface area contributed by atoms with Crippen LogP contribution in [-0.4, -0.2) is 22.2 Å². The second-order valence-corrected chi connectivity index (χ2v) is 2.92. The van der Waals surface area contributed by atoms with Crippen molar-refractivity contribution in [1.82, 2.24) is 0 Å². The van der Waals surface area contributed by atoms with Gasteiger partial charge in [0.2, 0.25) is 0 Å². The molecule has 0 saturated carbocycles. The van der Waals surface area contributed by atoms with E-state index in [0.29, 0.717) is 5.57 Å². The maximum Gasteiger partial charge on any atom is 0.330 e. The molecule has 1 unspecified atom stereocenters. The number of allylic oxidation sites excluding steroid dienone is 1. The lowest BCUT2D eigenvalue weighted by Gasteiger charge is -1.96. The van der Waals surface area contributed by atoms with E-state index in [1.54, 1.807) is 26.8 Å². The first-order valence-corrected chi connectivity index (χ1v) is 4.45. The summed E-state index contributed by atoms with van der Waals surface area (Å²) in [6.45, 7) is 6.81. The van der Waals surface area contributed by atoms with Gasteiger partial charge in [0.25, 0.3) is 0 Å². The lowest BCUT2D eigenvalue weighted by molar-refractivity contribution is -0.141. The molecule has 0 rings (SSSR count). The highest BCUT2D eigenvalue weighted by Gasteiger charge is 2.05. The summed E-state index contributed by atoms with van der Waals surface area (Å²) in [7, 11) is 0. The molecule has 0 bridgehead atoms. The van der Waals surface area contributed by atoms with Gasteiger partial charge in [-0.25, -0.2) is 4.79 Å². The molecule has 0 amide bonds. The number of carboxylic acids is 2. The molecule has 1 atom stereocenters. The second kappa shape index (κ2) is 8.29. The molecule has 0 aliphatic heterocycles. The fourth-order valence-electron chi connectivity index (χ4n) is 0.298. The molecule has 0 spiro atoms. The van der Waals surface area contributed by atoms with Crippen molar-refractivity contribution in [2.24, 2.45) is 5.92 Å². The standard InChI is InChI=1S/C5H10O2.C5H8O2/c2*1-3-4(2)5(6)7/h4H,3H2,1-2H3,(H,6,7);3H,1-2H3,(H,6,7)/b;4-3+. The van der Waals surface area contributed by atoms with E-state index in [0.717, 1.165) is 6.42 Å². The predicted molar refractivity (Wildman–Crippen MR) is 54.2 cm³/mol. The van der Waals surface area contributed by atoms with Gasteiger partial charge in [-0.15, -0.1) is 0 Å². The Morgan fingerprint density at radius 2 is 1.79 bits per heavy atom. The first kappa shape index (κ1) is 15.2. The summed E-state index contributed by atoms with van der Waals surface area (Å²) in [5.74, 6) is -1.73. The largest absolute Gasteiger partial charge is 0.481 e. The van der Waals surface area contributed by atoms with Crippen LogP contribution in [0.5, 0.6) is 0 Å². The van der Waals surface area contributed by atoms with Gasteiger partial charge in [-0.2, -0.15) is 0 Å². The molecule has 4 heteroatoms. The Hall–Kier alpha value is -1.32. The molecule has 4 nitrogen and oxygen atoms in total. The normalized spacial score (nSPS) is 12.4. The fraction of sp³-hybridized carbons (Fsp3) is 0.600. The molecule has 0 aliphatic carbocycles. The number of aliphatic carboxylic acids is 2. The van der Waals surface area contributed by atoms with Crippen LogP contribution in [0.2, 0.25) is 0 Å². The van der Waals surface area contributed by atoms with E-state index >= 15 is 0 Å². The second-order valence-electron chi connectivity index (χ2n) is 2.92. The van der Waals surface area contributed by atoms with Crippen molar-refractivity contribution < 1.29 is 19.8 Å². The van der Waals surface area contributed by atoms with E-state index in [4.69, 9.17) is 10.2 Å². The molecular weight excluding hydrogens is 184 g/mol. The highest BCUT2D eigenvalue weighted by Crippen LogP contribution is 1.97. The van der Waals surface area contributed by atoms with Crippen LogP contribution in [0.25, 0.3) is 0 Å². The zero-order valence-electron chi connectivity index (χ0n) is 9.07. The first-order chi connectivity index (χ1) is 6.36. The summed E-state index contributed by atoms with van der Waals surface area (Å²) in [4.78, 5) is 19.8. The van der Waals surface area contributed by atoms with Crippen LogP contribution >= 0.6 is 0 Å². The van der Waals surface area contributed by atoms with Gasteiger partial charge in [0.05, 0.1) is 5.92 Å². The number of hydrogen-bond donors (Lipinski definition) is 2. The topological polar surface area (TPSA) is 74.6 Å². The number of carbonyl (C=O) groups is 2. The van der Waals surface area contributed by atoms with E-state index in [1.807, 2.05) is 6.92 Å². The summed E-state index contributed by atoms with van der Waals surface area (Å²) < 4.78 is 0. The minimum absolute atomic E-state index is 0.181. The maximum atomic E-state index is 9.93. The van der Waals surface area contributed by atoms with Crippen molar-refractivity contribution in [1.29, 1.82) is 0 Å². The Morgan fingerprint density at radius 3 is 1.79 bits per heavy atom. The molecule has 0 saturated heterocycles. The monoisotopic (exact) mass is 202 g/mol. The third kappa shape index (κ3) is 8.77. The number of carboxylic acid groups (broad SMARTS) is 2. The van der Waals surface area contributed by atoms with Gasteiger partial charge in [-0.1, -0.05) is 19.9 Å². The molecule has 0 aliphatic rings. The molecule has 0 aromatic rings. The Balaban J connectivity index is 0. The Labute approximate surface area is 84.3 Å². The molecule has 0 fully saturated rings. The number of hydrogen-bond acceptors (Lipinski definition) is 2. The Morgan fingerprint density at radius 1 is 1.36 bits per heavy atom. The third-order valence-electron chi connectivity index (χ3n) is 1.80. The van der Waals surface area contributed by atoms with Gasteiger partial charge in [0.1, 0.15) is 0 Å². The zero-order chi connectivity index (χ0) is 11.7. The minimum Gasteiger partial charge on any atom is -0.481 e. The molecule has 2 N–H and O–H groups in total. The van der Waals surface area contributed by atoms with Gasteiger partial charge in [-0.3, -0.25) is 4.79 Å². The van der Waals surface area contributed by atoms with Crippen molar-refractivity contribution in [3.05, 3.63) is 11.6 Å². The lowest BCUT2D eigenvalue weighted by atomic mass is 10.1. The molecule has 0 radical (unpaired) electrons. The van der Waals surface area contributed by atoms with Crippen molar-refractivity contribution in [2.45, 2.75) is 34.1 Å². The van der Waals surface area contributed by atoms with Crippen LogP contribution < -0.4 is 0 Å². The van der Waals surface area contributed by atoms with Crippen molar-refractivity contribution in [3.8, 4) is 0 Å². The summed E-state index contributed by atoms with van der Waals surface area (Å²) in [6, 6.07) is 0. The quantitative estimate of drug-likeness (QED) is 0.687. The van der Waals surface area contributed by atoms with E-state index in [9.17, 15) is 9.59 Å². The summed E-state index contributed by atoms with van der Waals surface area (Å²) in [5, 5.41) is 16.3. The van der Waals surface area contributed by atoms with Crippen molar-refractivity contribution in [2.75, 3.05) is 0 Å². The van der Waals surface area contributed by atoms with Gasteiger partial charge in [0, 0.05) is 5.57 Å². The zero-order valence-corrected chi connectivity index (χ0v) is 9.07. The maximum absolute atomic E-state index is 9.93. The third-order valence-corrected chi connectivity index (χ3v) is 1.80. The van der Waals surface area contributed by atoms with Gasteiger partial charge >= 0.3 is 11.9 Å². The van der Waals surface area contributed by atoms with E-state index < -0.39 is 11.9 Å². The smallest absolute Gasteiger partial charge is 0.330 e. The fourth-order valence-corrected chi connectivity index (χ4v) is 0.298. The molecule has 14 heavy (non-hydrogen) atoms. The van der Waals surface area contributed by atoms with Crippen LogP contribution in [0.1, 0.15) is 34.1 Å². The molecule has 0 aromatic heterocycles. The summed E-state index contributed by atoms with van der Waals surface area (Å²) in [6.07, 6.45) is 2.28. The minimum atomic E-state index is -0.845. The van der Waals surface area contributed by atoms with Gasteiger partial charge < -0.3 is 10.2 Å². The van der Waals surface area contributed by atoms with Crippen LogP contribution in [0.15, 0.2) is 11.6 Å². The van der Waals surface area contributed by atoms with Gasteiger partial charge in [-0.05, 0) is 20.3 Å². The molecular formula is C10H18O4. The lowest BCUT2D eigenvalue weighted by Crippen LogP contribution is -2.06. The highest BCUT2D eigenvalue weighted by molar-refractivity contribution is 5.85. The van der Waals surface area contributed by atoms with Crippen molar-refractivity contribution >= 4 is 11.9 Å². The predicted octanol–water partition coefficient (Wildman–Crippen LogP) is 2.15. The van der Waals surface area contributed by atoms with E-state index in [2.05, 4.69) is 0 Å². The van der Waals surface area contributed by atoms with E-state index in [1.165, 1.54) is 0 Å². The van der Waals surface area contributed by atoms with Crippen LogP contribution in [-0.2, 0) is 9.59 Å². The van der Waals surface area contributed by atoms with Crippen LogP contribution in [0, 0.1) is 5.92 Å². The van der Waals surface area contributed by atoms with Crippen molar-refractivity contribution in [3.63, 3.8) is 0 Å². The Kier molecular flexibility index (Phi) is 8.98. The first-order valence-electron chi connectivity index (χ1n) is 4.45. The molecule has 0 aromatic carbocycles. The number of rotatable bonds is 3. The van der Waals surface area contributed by atoms with E-state index in [-0.39, 0.29) is 5.92 Å². The Bertz CT molecular complexity index is 218.